The van der Waals surface area contributed by atoms with Crippen molar-refractivity contribution in [3.8, 4) is 0 Å². The van der Waals surface area contributed by atoms with Crippen LogP contribution in [0.1, 0.15) is 50.0 Å². The van der Waals surface area contributed by atoms with Crippen molar-refractivity contribution < 1.29 is 4.79 Å². The zero-order chi connectivity index (χ0) is 19.1. The molecule has 0 unspecified atom stereocenters. The van der Waals surface area contributed by atoms with Gasteiger partial charge >= 0.3 is 0 Å². The predicted molar refractivity (Wildman–Crippen MR) is 110 cm³/mol. The molecule has 27 heavy (non-hydrogen) atoms. The maximum Gasteiger partial charge on any atom is 0.270 e. The molecule has 0 radical (unpaired) electrons. The van der Waals surface area contributed by atoms with Crippen molar-refractivity contribution in [3.63, 3.8) is 0 Å². The van der Waals surface area contributed by atoms with E-state index in [4.69, 9.17) is 0 Å². The summed E-state index contributed by atoms with van der Waals surface area (Å²) in [6.07, 6.45) is 6.11. The Morgan fingerprint density at radius 3 is 2.63 bits per heavy atom. The van der Waals surface area contributed by atoms with Crippen LogP contribution < -0.4 is 15.5 Å². The molecule has 0 bridgehead atoms. The first kappa shape index (κ1) is 19.1. The summed E-state index contributed by atoms with van der Waals surface area (Å²) < 4.78 is 0. The van der Waals surface area contributed by atoms with Crippen LogP contribution in [0.5, 0.6) is 0 Å². The molecule has 2 heterocycles. The number of hydrogen-bond donors (Lipinski definition) is 2. The Morgan fingerprint density at radius 1 is 1.19 bits per heavy atom. The van der Waals surface area contributed by atoms with Crippen LogP contribution >= 0.6 is 0 Å². The fourth-order valence-corrected chi connectivity index (χ4v) is 3.17. The van der Waals surface area contributed by atoms with Crippen LogP contribution in [0.2, 0.25) is 0 Å². The second kappa shape index (κ2) is 9.35. The van der Waals surface area contributed by atoms with Gasteiger partial charge in [0.05, 0.1) is 0 Å². The van der Waals surface area contributed by atoms with Gasteiger partial charge < -0.3 is 15.5 Å². The van der Waals surface area contributed by atoms with Crippen LogP contribution in [0.15, 0.2) is 36.5 Å². The highest BCUT2D eigenvalue weighted by atomic mass is 16.1. The highest BCUT2D eigenvalue weighted by Crippen LogP contribution is 2.24. The minimum absolute atomic E-state index is 0.163. The van der Waals surface area contributed by atoms with Crippen molar-refractivity contribution in [2.75, 3.05) is 29.9 Å². The van der Waals surface area contributed by atoms with Crippen molar-refractivity contribution in [2.45, 2.75) is 39.5 Å². The lowest BCUT2D eigenvalue weighted by atomic mass is 9.99. The normalized spacial score (nSPS) is 14.8. The monoisotopic (exact) mass is 367 g/mol. The van der Waals surface area contributed by atoms with Gasteiger partial charge in [0.1, 0.15) is 5.69 Å². The zero-order valence-corrected chi connectivity index (χ0v) is 16.2. The molecule has 6 nitrogen and oxygen atoms in total. The van der Waals surface area contributed by atoms with Gasteiger partial charge in [-0.05, 0) is 55.5 Å². The van der Waals surface area contributed by atoms with Crippen molar-refractivity contribution in [1.29, 1.82) is 0 Å². The average molecular weight is 367 g/mol. The summed E-state index contributed by atoms with van der Waals surface area (Å²) in [5.74, 6) is 1.09. The van der Waals surface area contributed by atoms with Gasteiger partial charge in [-0.15, -0.1) is 0 Å². The third-order valence-electron chi connectivity index (χ3n) is 4.98. The van der Waals surface area contributed by atoms with Crippen LogP contribution in [0, 0.1) is 5.92 Å². The third-order valence-corrected chi connectivity index (χ3v) is 4.98. The summed E-state index contributed by atoms with van der Waals surface area (Å²) in [6.45, 7) is 7.32. The molecule has 2 aromatic rings. The second-order valence-electron chi connectivity index (χ2n) is 7.22. The number of amides is 1. The number of carbonyl (C=O) groups excluding carboxylic acids is 1. The molecule has 0 atom stereocenters. The van der Waals surface area contributed by atoms with Gasteiger partial charge in [-0.2, -0.15) is 0 Å². The lowest BCUT2D eigenvalue weighted by Gasteiger charge is -2.32. The Labute approximate surface area is 161 Å². The second-order valence-corrected chi connectivity index (χ2v) is 7.22. The summed E-state index contributed by atoms with van der Waals surface area (Å²) in [5, 5.41) is 6.06. The third kappa shape index (κ3) is 5.42. The molecule has 1 aliphatic rings. The predicted octanol–water partition coefficient (Wildman–Crippen LogP) is 3.99. The SMILES string of the molecule is CCCCNC(=O)c1ccnc(Nc2ccc(N3CCC(C)CC3)cc2)n1. The van der Waals surface area contributed by atoms with E-state index in [1.807, 2.05) is 12.1 Å². The van der Waals surface area contributed by atoms with Gasteiger partial charge in [-0.3, -0.25) is 4.79 Å². The maximum atomic E-state index is 12.1. The number of nitrogens with zero attached hydrogens (tertiary/aromatic N) is 3. The van der Waals surface area contributed by atoms with Crippen molar-refractivity contribution in [2.24, 2.45) is 5.92 Å². The van der Waals surface area contributed by atoms with Gasteiger partial charge in [-0.25, -0.2) is 9.97 Å². The molecule has 3 rings (SSSR count). The minimum Gasteiger partial charge on any atom is -0.372 e. The largest absolute Gasteiger partial charge is 0.372 e. The van der Waals surface area contributed by atoms with Gasteiger partial charge in [0.2, 0.25) is 5.95 Å². The lowest BCUT2D eigenvalue weighted by Crippen LogP contribution is -2.32. The molecule has 6 heteroatoms. The van der Waals surface area contributed by atoms with Crippen molar-refractivity contribution in [3.05, 3.63) is 42.2 Å². The maximum absolute atomic E-state index is 12.1. The number of carbonyl (C=O) groups is 1. The number of aromatic nitrogens is 2. The molecule has 1 aliphatic heterocycles. The van der Waals surface area contributed by atoms with Gasteiger partial charge in [0, 0.05) is 37.2 Å². The zero-order valence-electron chi connectivity index (χ0n) is 16.2. The molecule has 1 amide bonds. The van der Waals surface area contributed by atoms with Crippen molar-refractivity contribution >= 4 is 23.2 Å². The molecule has 1 saturated heterocycles. The fourth-order valence-electron chi connectivity index (χ4n) is 3.17. The first-order valence-corrected chi connectivity index (χ1v) is 9.89. The molecule has 0 saturated carbocycles. The summed E-state index contributed by atoms with van der Waals surface area (Å²) >= 11 is 0. The molecule has 1 aromatic heterocycles. The van der Waals surface area contributed by atoms with E-state index in [9.17, 15) is 4.79 Å². The van der Waals surface area contributed by atoms with Crippen molar-refractivity contribution in [1.82, 2.24) is 15.3 Å². The van der Waals surface area contributed by atoms with E-state index in [-0.39, 0.29) is 5.91 Å². The standard InChI is InChI=1S/C21H29N5O/c1-3-4-12-22-20(27)19-9-13-23-21(25-19)24-17-5-7-18(8-6-17)26-14-10-16(2)11-15-26/h5-9,13,16H,3-4,10-12,14-15H2,1-2H3,(H,22,27)(H,23,24,25). The van der Waals surface area contributed by atoms with Crippen LogP contribution in [-0.4, -0.2) is 35.5 Å². The van der Waals surface area contributed by atoms with Crippen LogP contribution in [-0.2, 0) is 0 Å². The number of hydrogen-bond acceptors (Lipinski definition) is 5. The first-order valence-electron chi connectivity index (χ1n) is 9.89. The molecule has 0 aliphatic carbocycles. The van der Waals surface area contributed by atoms with E-state index in [0.29, 0.717) is 18.2 Å². The highest BCUT2D eigenvalue weighted by Gasteiger charge is 2.16. The van der Waals surface area contributed by atoms with E-state index >= 15 is 0 Å². The first-order chi connectivity index (χ1) is 13.2. The number of nitrogens with one attached hydrogen (secondary N) is 2. The molecule has 0 spiro atoms. The number of unbranched alkanes of at least 4 members (excludes halogenated alkanes) is 1. The summed E-state index contributed by atoms with van der Waals surface area (Å²) in [6, 6.07) is 9.95. The molecule has 2 N–H and O–H groups in total. The van der Waals surface area contributed by atoms with Crippen LogP contribution in [0.25, 0.3) is 0 Å². The van der Waals surface area contributed by atoms with Crippen LogP contribution in [0.3, 0.4) is 0 Å². The molecular formula is C21H29N5O. The van der Waals surface area contributed by atoms with E-state index < -0.39 is 0 Å². The molecule has 1 aromatic carbocycles. The molecular weight excluding hydrogens is 338 g/mol. The van der Waals surface area contributed by atoms with E-state index in [2.05, 4.69) is 51.5 Å². The summed E-state index contributed by atoms with van der Waals surface area (Å²) in [5.41, 5.74) is 2.53. The van der Waals surface area contributed by atoms with Crippen LogP contribution in [0.4, 0.5) is 17.3 Å². The lowest BCUT2D eigenvalue weighted by molar-refractivity contribution is 0.0948. The number of piperidine rings is 1. The molecule has 1 fully saturated rings. The van der Waals surface area contributed by atoms with E-state index in [1.54, 1.807) is 12.3 Å². The van der Waals surface area contributed by atoms with E-state index in [0.717, 1.165) is 37.5 Å². The fraction of sp³-hybridized carbons (Fsp3) is 0.476. The number of anilines is 3. The Bertz CT molecular complexity index is 738. The minimum atomic E-state index is -0.163. The highest BCUT2D eigenvalue weighted by molar-refractivity contribution is 5.92. The summed E-state index contributed by atoms with van der Waals surface area (Å²) in [4.78, 5) is 23.1. The Hall–Kier alpha value is -2.63. The summed E-state index contributed by atoms with van der Waals surface area (Å²) in [7, 11) is 0. The Balaban J connectivity index is 1.60. The number of rotatable bonds is 7. The van der Waals surface area contributed by atoms with Gasteiger partial charge in [-0.1, -0.05) is 20.3 Å². The smallest absolute Gasteiger partial charge is 0.270 e. The average Bonchev–Trinajstić information content (AvgIpc) is 2.70. The van der Waals surface area contributed by atoms with E-state index in [1.165, 1.54) is 18.5 Å². The Kier molecular flexibility index (Phi) is 6.63. The molecule has 144 valence electrons. The van der Waals surface area contributed by atoms with Gasteiger partial charge in [0.25, 0.3) is 5.91 Å². The van der Waals surface area contributed by atoms with Gasteiger partial charge in [0.15, 0.2) is 0 Å². The Morgan fingerprint density at radius 2 is 1.93 bits per heavy atom. The topological polar surface area (TPSA) is 70.2 Å². The quantitative estimate of drug-likeness (QED) is 0.724. The number of benzene rings is 1.